The number of carbonyl (C=O) groups is 1. The van der Waals surface area contributed by atoms with Crippen molar-refractivity contribution in [2.24, 2.45) is 0 Å². The van der Waals surface area contributed by atoms with E-state index in [4.69, 9.17) is 0 Å². The van der Waals surface area contributed by atoms with E-state index in [0.717, 1.165) is 18.8 Å². The second kappa shape index (κ2) is 4.43. The third-order valence-electron chi connectivity index (χ3n) is 2.83. The standard InChI is InChI=1S/C12H16N2O/c1-2-12(15)11-6-5-10(9-13-11)14-7-3-4-8-14/h5-6,9H,2-4,7-8H2,1H3. The van der Waals surface area contributed by atoms with E-state index >= 15 is 0 Å². The lowest BCUT2D eigenvalue weighted by molar-refractivity contribution is 0.0983. The Morgan fingerprint density at radius 1 is 1.40 bits per heavy atom. The minimum atomic E-state index is 0.114. The van der Waals surface area contributed by atoms with Crippen molar-refractivity contribution in [3.8, 4) is 0 Å². The maximum atomic E-state index is 11.4. The number of ketones is 1. The van der Waals surface area contributed by atoms with Crippen LogP contribution in [0.4, 0.5) is 5.69 Å². The minimum absolute atomic E-state index is 0.114. The smallest absolute Gasteiger partial charge is 0.180 e. The Hall–Kier alpha value is -1.38. The number of rotatable bonds is 3. The summed E-state index contributed by atoms with van der Waals surface area (Å²) in [7, 11) is 0. The van der Waals surface area contributed by atoms with Crippen LogP contribution in [-0.2, 0) is 0 Å². The van der Waals surface area contributed by atoms with Crippen LogP contribution < -0.4 is 4.90 Å². The van der Waals surface area contributed by atoms with Crippen molar-refractivity contribution in [2.45, 2.75) is 26.2 Å². The molecule has 1 aliphatic rings. The molecule has 2 heterocycles. The molecule has 80 valence electrons. The first-order chi connectivity index (χ1) is 7.31. The molecule has 0 amide bonds. The molecule has 0 atom stereocenters. The monoisotopic (exact) mass is 204 g/mol. The van der Waals surface area contributed by atoms with Gasteiger partial charge in [0.15, 0.2) is 5.78 Å². The van der Waals surface area contributed by atoms with Gasteiger partial charge in [-0.25, -0.2) is 0 Å². The molecule has 0 aromatic carbocycles. The number of aromatic nitrogens is 1. The first-order valence-corrected chi connectivity index (χ1v) is 5.55. The Morgan fingerprint density at radius 2 is 2.13 bits per heavy atom. The average Bonchev–Trinajstić information content (AvgIpc) is 2.82. The lowest BCUT2D eigenvalue weighted by Crippen LogP contribution is -2.17. The molecule has 0 saturated carbocycles. The number of anilines is 1. The van der Waals surface area contributed by atoms with E-state index in [9.17, 15) is 4.79 Å². The van der Waals surface area contributed by atoms with Crippen molar-refractivity contribution in [3.63, 3.8) is 0 Å². The van der Waals surface area contributed by atoms with Crippen molar-refractivity contribution < 1.29 is 4.79 Å². The fraction of sp³-hybridized carbons (Fsp3) is 0.500. The molecule has 0 radical (unpaired) electrons. The molecule has 0 bridgehead atoms. The summed E-state index contributed by atoms with van der Waals surface area (Å²) in [4.78, 5) is 17.9. The van der Waals surface area contributed by atoms with Gasteiger partial charge in [0.2, 0.25) is 0 Å². The van der Waals surface area contributed by atoms with Gasteiger partial charge in [0, 0.05) is 19.5 Å². The molecule has 1 aliphatic heterocycles. The van der Waals surface area contributed by atoms with Gasteiger partial charge in [0.1, 0.15) is 5.69 Å². The highest BCUT2D eigenvalue weighted by Gasteiger charge is 2.13. The van der Waals surface area contributed by atoms with Crippen LogP contribution in [-0.4, -0.2) is 23.9 Å². The molecule has 1 aromatic heterocycles. The molecular formula is C12H16N2O. The largest absolute Gasteiger partial charge is 0.370 e. The van der Waals surface area contributed by atoms with E-state index in [0.29, 0.717) is 12.1 Å². The Bertz CT molecular complexity index is 339. The summed E-state index contributed by atoms with van der Waals surface area (Å²) in [5.74, 6) is 0.114. The predicted octanol–water partition coefficient (Wildman–Crippen LogP) is 2.27. The third-order valence-corrected chi connectivity index (χ3v) is 2.83. The minimum Gasteiger partial charge on any atom is -0.370 e. The van der Waals surface area contributed by atoms with E-state index in [1.54, 1.807) is 0 Å². The highest BCUT2D eigenvalue weighted by molar-refractivity contribution is 5.94. The summed E-state index contributed by atoms with van der Waals surface area (Å²) >= 11 is 0. The number of carbonyl (C=O) groups excluding carboxylic acids is 1. The number of hydrogen-bond acceptors (Lipinski definition) is 3. The maximum Gasteiger partial charge on any atom is 0.180 e. The van der Waals surface area contributed by atoms with Crippen molar-refractivity contribution in [1.29, 1.82) is 0 Å². The second-order valence-electron chi connectivity index (χ2n) is 3.87. The quantitative estimate of drug-likeness (QED) is 0.708. The number of nitrogens with zero attached hydrogens (tertiary/aromatic N) is 2. The van der Waals surface area contributed by atoms with Crippen LogP contribution in [0.1, 0.15) is 36.7 Å². The first kappa shape index (κ1) is 10.1. The van der Waals surface area contributed by atoms with Crippen molar-refractivity contribution >= 4 is 11.5 Å². The summed E-state index contributed by atoms with van der Waals surface area (Å²) in [6, 6.07) is 3.83. The van der Waals surface area contributed by atoms with Crippen LogP contribution >= 0.6 is 0 Å². The first-order valence-electron chi connectivity index (χ1n) is 5.55. The lowest BCUT2D eigenvalue weighted by atomic mass is 10.2. The second-order valence-corrected chi connectivity index (χ2v) is 3.87. The van der Waals surface area contributed by atoms with Crippen LogP contribution in [0, 0.1) is 0 Å². The van der Waals surface area contributed by atoms with Crippen LogP contribution in [0.5, 0.6) is 0 Å². The molecule has 1 saturated heterocycles. The van der Waals surface area contributed by atoms with Gasteiger partial charge in [-0.2, -0.15) is 0 Å². The Labute approximate surface area is 90.1 Å². The molecule has 15 heavy (non-hydrogen) atoms. The van der Waals surface area contributed by atoms with Crippen molar-refractivity contribution in [2.75, 3.05) is 18.0 Å². The van der Waals surface area contributed by atoms with Gasteiger partial charge in [-0.1, -0.05) is 6.92 Å². The zero-order valence-electron chi connectivity index (χ0n) is 9.07. The molecule has 0 aliphatic carbocycles. The van der Waals surface area contributed by atoms with Gasteiger partial charge in [-0.05, 0) is 25.0 Å². The SMILES string of the molecule is CCC(=O)c1ccc(N2CCCC2)cn1. The molecule has 1 fully saturated rings. The Balaban J connectivity index is 2.12. The molecule has 1 aromatic rings. The summed E-state index contributed by atoms with van der Waals surface area (Å²) in [5.41, 5.74) is 1.72. The normalized spacial score (nSPS) is 15.7. The van der Waals surface area contributed by atoms with E-state index in [2.05, 4.69) is 9.88 Å². The maximum absolute atomic E-state index is 11.4. The van der Waals surface area contributed by atoms with Gasteiger partial charge in [0.25, 0.3) is 0 Å². The van der Waals surface area contributed by atoms with Crippen LogP contribution in [0.25, 0.3) is 0 Å². The molecular weight excluding hydrogens is 188 g/mol. The van der Waals surface area contributed by atoms with E-state index in [1.165, 1.54) is 12.8 Å². The van der Waals surface area contributed by atoms with Crippen LogP contribution in [0.2, 0.25) is 0 Å². The summed E-state index contributed by atoms with van der Waals surface area (Å²) in [6.45, 7) is 4.09. The van der Waals surface area contributed by atoms with Gasteiger partial charge < -0.3 is 4.90 Å². The lowest BCUT2D eigenvalue weighted by Gasteiger charge is -2.16. The Kier molecular flexibility index (Phi) is 2.99. The van der Waals surface area contributed by atoms with E-state index < -0.39 is 0 Å². The van der Waals surface area contributed by atoms with Gasteiger partial charge >= 0.3 is 0 Å². The third kappa shape index (κ3) is 2.17. The molecule has 2 rings (SSSR count). The molecule has 0 N–H and O–H groups in total. The summed E-state index contributed by atoms with van der Waals surface area (Å²) in [5, 5.41) is 0. The Morgan fingerprint density at radius 3 is 2.67 bits per heavy atom. The molecule has 3 nitrogen and oxygen atoms in total. The summed E-state index contributed by atoms with van der Waals surface area (Å²) in [6.07, 6.45) is 4.86. The average molecular weight is 204 g/mol. The number of pyridine rings is 1. The number of hydrogen-bond donors (Lipinski definition) is 0. The molecule has 0 spiro atoms. The fourth-order valence-electron chi connectivity index (χ4n) is 1.89. The predicted molar refractivity (Wildman–Crippen MR) is 60.3 cm³/mol. The molecule has 3 heteroatoms. The zero-order valence-corrected chi connectivity index (χ0v) is 9.07. The number of Topliss-reactive ketones (excluding diaryl/α,β-unsaturated/α-hetero) is 1. The van der Waals surface area contributed by atoms with E-state index in [-0.39, 0.29) is 5.78 Å². The van der Waals surface area contributed by atoms with Crippen LogP contribution in [0.15, 0.2) is 18.3 Å². The fourth-order valence-corrected chi connectivity index (χ4v) is 1.89. The van der Waals surface area contributed by atoms with Crippen molar-refractivity contribution in [1.82, 2.24) is 4.98 Å². The van der Waals surface area contributed by atoms with Gasteiger partial charge in [-0.15, -0.1) is 0 Å². The van der Waals surface area contributed by atoms with Gasteiger partial charge in [-0.3, -0.25) is 9.78 Å². The topological polar surface area (TPSA) is 33.2 Å². The highest BCUT2D eigenvalue weighted by Crippen LogP contribution is 2.19. The zero-order chi connectivity index (χ0) is 10.7. The van der Waals surface area contributed by atoms with Crippen molar-refractivity contribution in [3.05, 3.63) is 24.0 Å². The highest BCUT2D eigenvalue weighted by atomic mass is 16.1. The summed E-state index contributed by atoms with van der Waals surface area (Å²) < 4.78 is 0. The molecule has 0 unspecified atom stereocenters. The van der Waals surface area contributed by atoms with Gasteiger partial charge in [0.05, 0.1) is 11.9 Å². The van der Waals surface area contributed by atoms with E-state index in [1.807, 2.05) is 25.3 Å². The van der Waals surface area contributed by atoms with Crippen LogP contribution in [0.3, 0.4) is 0 Å².